The average Bonchev–Trinajstić information content (AvgIpc) is 2.89. The highest BCUT2D eigenvalue weighted by molar-refractivity contribution is 5.90. The van der Waals surface area contributed by atoms with E-state index in [-0.39, 0.29) is 0 Å². The van der Waals surface area contributed by atoms with Gasteiger partial charge < -0.3 is 18.9 Å². The predicted molar refractivity (Wildman–Crippen MR) is 113 cm³/mol. The Labute approximate surface area is 218 Å². The number of carbonyl (C=O) groups is 2. The second kappa shape index (κ2) is 11.6. The van der Waals surface area contributed by atoms with Gasteiger partial charge in [-0.1, -0.05) is 36.4 Å². The fourth-order valence-electron chi connectivity index (χ4n) is 3.51. The summed E-state index contributed by atoms with van der Waals surface area (Å²) in [7, 11) is 0. The zero-order valence-corrected chi connectivity index (χ0v) is 19.7. The van der Waals surface area contributed by atoms with Crippen molar-refractivity contribution in [3.63, 3.8) is 0 Å². The number of alkyl halides is 10. The van der Waals surface area contributed by atoms with Crippen LogP contribution in [0.1, 0.15) is 20.7 Å². The Morgan fingerprint density at radius 3 is 1.15 bits per heavy atom. The van der Waals surface area contributed by atoms with E-state index < -0.39 is 84.9 Å². The van der Waals surface area contributed by atoms with Crippen LogP contribution in [0, 0.1) is 0 Å². The van der Waals surface area contributed by atoms with E-state index >= 15 is 0 Å². The topological polar surface area (TPSA) is 71.1 Å². The summed E-state index contributed by atoms with van der Waals surface area (Å²) >= 11 is 0. The number of carbonyl (C=O) groups excluding carboxylic acids is 2. The Bertz CT molecular complexity index is 1050. The fourth-order valence-corrected chi connectivity index (χ4v) is 3.51. The molecule has 4 atom stereocenters. The van der Waals surface area contributed by atoms with Gasteiger partial charge in [0.2, 0.25) is 0 Å². The van der Waals surface area contributed by atoms with Gasteiger partial charge in [-0.15, -0.1) is 0 Å². The minimum atomic E-state index is -5.88. The molecule has 2 aromatic carbocycles. The largest absolute Gasteiger partial charge is 0.442 e. The van der Waals surface area contributed by atoms with Crippen molar-refractivity contribution in [1.82, 2.24) is 0 Å². The van der Waals surface area contributed by atoms with Crippen LogP contribution < -0.4 is 0 Å². The van der Waals surface area contributed by atoms with E-state index in [0.29, 0.717) is 0 Å². The summed E-state index contributed by atoms with van der Waals surface area (Å²) in [6, 6.07) is 11.5. The lowest BCUT2D eigenvalue weighted by Gasteiger charge is -2.40. The number of benzene rings is 2. The molecular formula is C24H18F10O6. The van der Waals surface area contributed by atoms with Crippen molar-refractivity contribution in [2.24, 2.45) is 0 Å². The molecule has 1 aliphatic heterocycles. The lowest BCUT2D eigenvalue weighted by molar-refractivity contribution is -0.337. The second-order valence-corrected chi connectivity index (χ2v) is 8.38. The zero-order chi connectivity index (χ0) is 29.9. The maximum atomic E-state index is 14.8. The molecule has 0 N–H and O–H groups in total. The molecule has 220 valence electrons. The number of rotatable bonds is 8. The van der Waals surface area contributed by atoms with Crippen LogP contribution in [-0.4, -0.2) is 73.8 Å². The molecule has 0 aromatic heterocycles. The van der Waals surface area contributed by atoms with Crippen molar-refractivity contribution >= 4 is 11.9 Å². The molecule has 0 amide bonds. The van der Waals surface area contributed by atoms with E-state index in [4.69, 9.17) is 0 Å². The van der Waals surface area contributed by atoms with Crippen LogP contribution in [0.25, 0.3) is 0 Å². The number of halogens is 10. The highest BCUT2D eigenvalue weighted by Gasteiger charge is 2.67. The number of ether oxygens (including phenoxy) is 4. The minimum Gasteiger partial charge on any atom is -0.442 e. The van der Waals surface area contributed by atoms with Crippen LogP contribution >= 0.6 is 0 Å². The quantitative estimate of drug-likeness (QED) is 0.293. The van der Waals surface area contributed by atoms with E-state index in [0.717, 1.165) is 24.3 Å². The summed E-state index contributed by atoms with van der Waals surface area (Å²) in [6.07, 6.45) is -26.0. The first kappa shape index (κ1) is 31.1. The van der Waals surface area contributed by atoms with E-state index in [1.807, 2.05) is 0 Å². The molecule has 1 heterocycles. The van der Waals surface area contributed by atoms with Gasteiger partial charge in [-0.05, 0) is 24.3 Å². The summed E-state index contributed by atoms with van der Waals surface area (Å²) < 4.78 is 157. The van der Waals surface area contributed by atoms with Crippen molar-refractivity contribution in [2.75, 3.05) is 13.2 Å². The maximum Gasteiger partial charge on any atom is 0.431 e. The first-order valence-corrected chi connectivity index (χ1v) is 11.1. The normalized spacial score (nSPS) is 20.4. The van der Waals surface area contributed by atoms with Crippen LogP contribution in [0.4, 0.5) is 43.9 Å². The molecule has 0 aliphatic carbocycles. The molecule has 6 nitrogen and oxygen atoms in total. The maximum absolute atomic E-state index is 14.8. The van der Waals surface area contributed by atoms with Gasteiger partial charge in [0.05, 0.1) is 24.3 Å². The standard InChI is InChI=1S/C24H18F10O6/c25-21(26,19(23(29,30)31)39-17(35)13-7-3-1-4-8-13)15-11-38-16(12-37-15)22(27,28)20(24(32,33)34)40-18(36)14-9-5-2-6-10-14/h1-10,15-16,19-20H,11-12H2. The fraction of sp³-hybridized carbons (Fsp3) is 0.417. The third-order valence-corrected chi connectivity index (χ3v) is 5.52. The highest BCUT2D eigenvalue weighted by atomic mass is 19.4. The lowest BCUT2D eigenvalue weighted by atomic mass is 10.0. The van der Waals surface area contributed by atoms with Crippen LogP contribution in [0.2, 0.25) is 0 Å². The molecule has 40 heavy (non-hydrogen) atoms. The van der Waals surface area contributed by atoms with Crippen LogP contribution in [0.5, 0.6) is 0 Å². The summed E-state index contributed by atoms with van der Waals surface area (Å²) in [6.45, 7) is -3.53. The monoisotopic (exact) mass is 592 g/mol. The van der Waals surface area contributed by atoms with Gasteiger partial charge in [0, 0.05) is 0 Å². The Hall–Kier alpha value is -3.40. The molecule has 0 radical (unpaired) electrons. The highest BCUT2D eigenvalue weighted by Crippen LogP contribution is 2.43. The van der Waals surface area contributed by atoms with E-state index in [1.165, 1.54) is 36.4 Å². The Kier molecular flexibility index (Phi) is 9.03. The number of hydrogen-bond acceptors (Lipinski definition) is 6. The predicted octanol–water partition coefficient (Wildman–Crippen LogP) is 5.62. The molecular weight excluding hydrogens is 574 g/mol. The van der Waals surface area contributed by atoms with Gasteiger partial charge in [0.1, 0.15) is 12.2 Å². The molecule has 0 bridgehead atoms. The zero-order valence-electron chi connectivity index (χ0n) is 19.7. The van der Waals surface area contributed by atoms with Gasteiger partial charge in [-0.3, -0.25) is 0 Å². The van der Waals surface area contributed by atoms with Gasteiger partial charge in [-0.25, -0.2) is 9.59 Å². The number of esters is 2. The molecule has 2 aromatic rings. The van der Waals surface area contributed by atoms with Crippen LogP contribution in [-0.2, 0) is 18.9 Å². The summed E-state index contributed by atoms with van der Waals surface area (Å²) in [5, 5.41) is 0. The first-order valence-electron chi connectivity index (χ1n) is 11.1. The third kappa shape index (κ3) is 7.02. The molecule has 0 saturated carbocycles. The van der Waals surface area contributed by atoms with E-state index in [9.17, 15) is 53.5 Å². The molecule has 1 aliphatic rings. The molecule has 1 fully saturated rings. The van der Waals surface area contributed by atoms with Gasteiger partial charge in [0.25, 0.3) is 12.2 Å². The van der Waals surface area contributed by atoms with Gasteiger partial charge in [-0.2, -0.15) is 43.9 Å². The molecule has 16 heteroatoms. The first-order chi connectivity index (χ1) is 18.5. The summed E-state index contributed by atoms with van der Waals surface area (Å²) in [5.41, 5.74) is -1.03. The van der Waals surface area contributed by atoms with Crippen LogP contribution in [0.15, 0.2) is 60.7 Å². The van der Waals surface area contributed by atoms with Crippen molar-refractivity contribution in [3.05, 3.63) is 71.8 Å². The molecule has 3 rings (SSSR count). The second-order valence-electron chi connectivity index (χ2n) is 8.38. The van der Waals surface area contributed by atoms with Crippen LogP contribution in [0.3, 0.4) is 0 Å². The van der Waals surface area contributed by atoms with E-state index in [1.54, 1.807) is 0 Å². The minimum absolute atomic E-state index is 0.517. The Balaban J connectivity index is 1.75. The molecule has 1 saturated heterocycles. The summed E-state index contributed by atoms with van der Waals surface area (Å²) in [4.78, 5) is 24.0. The van der Waals surface area contributed by atoms with Crippen molar-refractivity contribution in [1.29, 1.82) is 0 Å². The smallest absolute Gasteiger partial charge is 0.431 e. The van der Waals surface area contributed by atoms with Gasteiger partial charge >= 0.3 is 36.1 Å². The molecule has 4 unspecified atom stereocenters. The third-order valence-electron chi connectivity index (χ3n) is 5.52. The summed E-state index contributed by atoms with van der Waals surface area (Å²) in [5.74, 6) is -13.9. The Morgan fingerprint density at radius 1 is 0.600 bits per heavy atom. The average molecular weight is 592 g/mol. The van der Waals surface area contributed by atoms with E-state index in [2.05, 4.69) is 18.9 Å². The Morgan fingerprint density at radius 2 is 0.900 bits per heavy atom. The number of hydrogen-bond donors (Lipinski definition) is 0. The van der Waals surface area contributed by atoms with Crippen molar-refractivity contribution in [3.8, 4) is 0 Å². The van der Waals surface area contributed by atoms with Crippen molar-refractivity contribution < 1.29 is 72.4 Å². The SMILES string of the molecule is O=C(OC(C(F)(F)F)C(F)(F)C1COC(C(F)(F)C(OC(=O)c2ccccc2)C(F)(F)F)CO1)c1ccccc1. The molecule has 0 spiro atoms. The lowest BCUT2D eigenvalue weighted by Crippen LogP contribution is -2.62. The van der Waals surface area contributed by atoms with Crippen molar-refractivity contribution in [2.45, 2.75) is 48.6 Å². The van der Waals surface area contributed by atoms with Gasteiger partial charge in [0.15, 0.2) is 0 Å².